The molecule has 0 saturated heterocycles. The Kier molecular flexibility index (Phi) is 4.21. The number of hydrogen-bond acceptors (Lipinski definition) is 1. The van der Waals surface area contributed by atoms with E-state index in [4.69, 9.17) is 5.73 Å². The molecule has 0 aliphatic heterocycles. The van der Waals surface area contributed by atoms with Gasteiger partial charge < -0.3 is 5.73 Å². The van der Waals surface area contributed by atoms with Crippen molar-refractivity contribution in [3.63, 3.8) is 0 Å². The van der Waals surface area contributed by atoms with E-state index in [0.717, 1.165) is 33.3 Å². The fourth-order valence-electron chi connectivity index (χ4n) is 1.72. The van der Waals surface area contributed by atoms with Gasteiger partial charge in [0.1, 0.15) is 0 Å². The van der Waals surface area contributed by atoms with E-state index in [9.17, 15) is 0 Å². The highest BCUT2D eigenvalue weighted by molar-refractivity contribution is 9.10. The summed E-state index contributed by atoms with van der Waals surface area (Å²) < 4.78 is 1.01. The monoisotopic (exact) mass is 293 g/mol. The predicted octanol–water partition coefficient (Wildman–Crippen LogP) is 4.92. The number of allylic oxidation sites excluding steroid dienone is 2. The third-order valence-corrected chi connectivity index (χ3v) is 3.81. The van der Waals surface area contributed by atoms with Crippen LogP contribution >= 0.6 is 15.9 Å². The van der Waals surface area contributed by atoms with Crippen LogP contribution in [-0.4, -0.2) is 0 Å². The zero-order chi connectivity index (χ0) is 13.2. The summed E-state index contributed by atoms with van der Waals surface area (Å²) in [4.78, 5) is 0. The summed E-state index contributed by atoms with van der Waals surface area (Å²) in [5.41, 5.74) is 10.1. The van der Waals surface area contributed by atoms with Crippen molar-refractivity contribution in [3.8, 4) is 0 Å². The van der Waals surface area contributed by atoms with Gasteiger partial charge >= 0.3 is 0 Å². The van der Waals surface area contributed by atoms with Gasteiger partial charge in [-0.3, -0.25) is 0 Å². The molecule has 1 rings (SSSR count). The average molecular weight is 294 g/mol. The number of halogens is 1. The van der Waals surface area contributed by atoms with Crippen molar-refractivity contribution in [2.45, 2.75) is 32.6 Å². The van der Waals surface area contributed by atoms with Gasteiger partial charge in [-0.25, -0.2) is 0 Å². The molecule has 0 radical (unpaired) electrons. The average Bonchev–Trinajstić information content (AvgIpc) is 2.27. The predicted molar refractivity (Wildman–Crippen MR) is 81.1 cm³/mol. The van der Waals surface area contributed by atoms with Crippen LogP contribution in [0.5, 0.6) is 0 Å². The van der Waals surface area contributed by atoms with Gasteiger partial charge in [0.05, 0.1) is 0 Å². The maximum absolute atomic E-state index is 6.09. The highest BCUT2D eigenvalue weighted by atomic mass is 79.9. The summed E-state index contributed by atoms with van der Waals surface area (Å²) in [7, 11) is 0. The lowest BCUT2D eigenvalue weighted by molar-refractivity contribution is 0.674. The van der Waals surface area contributed by atoms with E-state index in [-0.39, 0.29) is 5.41 Å². The molecule has 0 heterocycles. The van der Waals surface area contributed by atoms with Crippen molar-refractivity contribution in [1.82, 2.24) is 0 Å². The van der Waals surface area contributed by atoms with E-state index < -0.39 is 0 Å². The largest absolute Gasteiger partial charge is 0.398 e. The van der Waals surface area contributed by atoms with Gasteiger partial charge in [0.15, 0.2) is 0 Å². The second-order valence-corrected chi connectivity index (χ2v) is 5.66. The maximum Gasteiger partial charge on any atom is 0.0367 e. The lowest BCUT2D eigenvalue weighted by Gasteiger charge is -2.24. The Bertz CT molecular complexity index is 458. The zero-order valence-corrected chi connectivity index (χ0v) is 12.4. The molecule has 0 aliphatic rings. The Hall–Kier alpha value is -1.02. The molecule has 2 N–H and O–H groups in total. The highest BCUT2D eigenvalue weighted by Gasteiger charge is 2.21. The Labute approximate surface area is 113 Å². The Morgan fingerprint density at radius 1 is 1.47 bits per heavy atom. The maximum atomic E-state index is 6.09. The third-order valence-electron chi connectivity index (χ3n) is 3.15. The van der Waals surface area contributed by atoms with Crippen LogP contribution in [0.3, 0.4) is 0 Å². The summed E-state index contributed by atoms with van der Waals surface area (Å²) in [6, 6.07) is 4.07. The highest BCUT2D eigenvalue weighted by Crippen LogP contribution is 2.36. The summed E-state index contributed by atoms with van der Waals surface area (Å²) in [6.45, 7) is 14.3. The lowest BCUT2D eigenvalue weighted by atomic mass is 9.82. The van der Waals surface area contributed by atoms with E-state index in [1.807, 2.05) is 12.1 Å². The van der Waals surface area contributed by atoms with Gasteiger partial charge in [0.25, 0.3) is 0 Å². The second-order valence-electron chi connectivity index (χ2n) is 4.80. The molecule has 0 spiro atoms. The molecule has 0 atom stereocenters. The fourth-order valence-corrected chi connectivity index (χ4v) is 2.36. The van der Waals surface area contributed by atoms with Crippen LogP contribution in [0, 0.1) is 0 Å². The molecule has 0 bridgehead atoms. The van der Waals surface area contributed by atoms with Crippen LogP contribution in [0.1, 0.15) is 38.3 Å². The molecule has 0 amide bonds. The number of hydrogen-bond donors (Lipinski definition) is 1. The normalized spacial score (nSPS) is 11.3. The molecule has 0 unspecified atom stereocenters. The number of anilines is 1. The van der Waals surface area contributed by atoms with Crippen LogP contribution in [-0.2, 0) is 5.41 Å². The van der Waals surface area contributed by atoms with Gasteiger partial charge in [-0.1, -0.05) is 49.4 Å². The molecule has 0 fully saturated rings. The first-order chi connectivity index (χ1) is 7.83. The number of rotatable bonds is 4. The van der Waals surface area contributed by atoms with Gasteiger partial charge in [0.2, 0.25) is 0 Å². The molecular formula is C15H20BrN. The molecule has 92 valence electrons. The molecule has 1 nitrogen and oxygen atoms in total. The van der Waals surface area contributed by atoms with Gasteiger partial charge in [-0.2, -0.15) is 0 Å². The molecule has 0 aliphatic carbocycles. The van der Waals surface area contributed by atoms with Crippen LogP contribution < -0.4 is 5.73 Å². The zero-order valence-electron chi connectivity index (χ0n) is 10.8. The first kappa shape index (κ1) is 14.0. The molecule has 17 heavy (non-hydrogen) atoms. The topological polar surface area (TPSA) is 26.0 Å². The SMILES string of the molecule is C=CC(C)(C)c1cc(C(=C)CC)c(Br)cc1N. The standard InChI is InChI=1S/C15H20BrN/c1-6-10(3)11-8-12(15(4,5)7-2)14(17)9-13(11)16/h7-9H,2-3,6,17H2,1,4-5H3. The number of benzene rings is 1. The Morgan fingerprint density at radius 3 is 2.53 bits per heavy atom. The summed E-state index contributed by atoms with van der Waals surface area (Å²) in [5, 5.41) is 0. The van der Waals surface area contributed by atoms with Gasteiger partial charge in [0, 0.05) is 15.6 Å². The number of nitrogen functional groups attached to an aromatic ring is 1. The molecule has 0 aromatic heterocycles. The van der Waals surface area contributed by atoms with Crippen LogP contribution in [0.4, 0.5) is 5.69 Å². The molecule has 2 heteroatoms. The first-order valence-corrected chi connectivity index (χ1v) is 6.54. The van der Waals surface area contributed by atoms with Crippen molar-refractivity contribution in [3.05, 3.63) is 47.0 Å². The minimum atomic E-state index is -0.131. The van der Waals surface area contributed by atoms with E-state index in [1.54, 1.807) is 0 Å². The van der Waals surface area contributed by atoms with E-state index in [0.29, 0.717) is 0 Å². The van der Waals surface area contributed by atoms with Crippen LogP contribution in [0.25, 0.3) is 5.57 Å². The molecule has 0 saturated carbocycles. The van der Waals surface area contributed by atoms with Crippen molar-refractivity contribution in [2.75, 3.05) is 5.73 Å². The van der Waals surface area contributed by atoms with Crippen LogP contribution in [0.15, 0.2) is 35.8 Å². The van der Waals surface area contributed by atoms with Gasteiger partial charge in [-0.05, 0) is 35.3 Å². The second kappa shape index (κ2) is 5.09. The minimum absolute atomic E-state index is 0.131. The Morgan fingerprint density at radius 2 is 2.06 bits per heavy atom. The minimum Gasteiger partial charge on any atom is -0.398 e. The van der Waals surface area contributed by atoms with E-state index >= 15 is 0 Å². The quantitative estimate of drug-likeness (QED) is 0.619. The number of nitrogens with two attached hydrogens (primary N) is 1. The summed E-state index contributed by atoms with van der Waals surface area (Å²) in [6.07, 6.45) is 2.85. The fraction of sp³-hybridized carbons (Fsp3) is 0.333. The molecule has 1 aromatic rings. The van der Waals surface area contributed by atoms with Crippen LogP contribution in [0.2, 0.25) is 0 Å². The summed E-state index contributed by atoms with van der Waals surface area (Å²) >= 11 is 3.54. The van der Waals surface area contributed by atoms with E-state index in [1.165, 1.54) is 0 Å². The van der Waals surface area contributed by atoms with Crippen molar-refractivity contribution in [2.24, 2.45) is 0 Å². The van der Waals surface area contributed by atoms with Crippen molar-refractivity contribution in [1.29, 1.82) is 0 Å². The summed E-state index contributed by atoms with van der Waals surface area (Å²) in [5.74, 6) is 0. The Balaban J connectivity index is 3.44. The van der Waals surface area contributed by atoms with Crippen molar-refractivity contribution >= 4 is 27.2 Å². The lowest BCUT2D eigenvalue weighted by Crippen LogP contribution is -2.16. The molecule has 1 aromatic carbocycles. The van der Waals surface area contributed by atoms with Gasteiger partial charge in [-0.15, -0.1) is 6.58 Å². The molecular weight excluding hydrogens is 274 g/mol. The van der Waals surface area contributed by atoms with Crippen molar-refractivity contribution < 1.29 is 0 Å². The first-order valence-electron chi connectivity index (χ1n) is 5.74. The van der Waals surface area contributed by atoms with E-state index in [2.05, 4.69) is 55.9 Å². The smallest absolute Gasteiger partial charge is 0.0367 e. The third kappa shape index (κ3) is 2.81.